The zero-order valence-corrected chi connectivity index (χ0v) is 17.1. The van der Waals surface area contributed by atoms with Gasteiger partial charge in [0.05, 0.1) is 11.4 Å². The van der Waals surface area contributed by atoms with Crippen LogP contribution < -0.4 is 5.32 Å². The first-order valence-electron chi connectivity index (χ1n) is 9.20. The number of hydrogen-bond donors (Lipinski definition) is 1. The van der Waals surface area contributed by atoms with Crippen LogP contribution >= 0.6 is 23.1 Å². The highest BCUT2D eigenvalue weighted by Gasteiger charge is 2.05. The molecule has 7 heteroatoms. The molecule has 0 atom stereocenters. The van der Waals surface area contributed by atoms with Crippen molar-refractivity contribution >= 4 is 29.0 Å². The Bertz CT molecular complexity index is 869. The van der Waals surface area contributed by atoms with E-state index in [4.69, 9.17) is 0 Å². The van der Waals surface area contributed by atoms with Gasteiger partial charge in [-0.2, -0.15) is 0 Å². The summed E-state index contributed by atoms with van der Waals surface area (Å²) >= 11 is 3.07. The van der Waals surface area contributed by atoms with Crippen LogP contribution in [0.5, 0.6) is 0 Å². The molecule has 0 aliphatic carbocycles. The smallest absolute Gasteiger partial charge is 0.230 e. The molecule has 0 aliphatic heterocycles. The zero-order chi connectivity index (χ0) is 19.6. The van der Waals surface area contributed by atoms with Crippen molar-refractivity contribution in [2.75, 3.05) is 12.3 Å². The van der Waals surface area contributed by atoms with Gasteiger partial charge < -0.3 is 5.32 Å². The van der Waals surface area contributed by atoms with Crippen LogP contribution in [-0.4, -0.2) is 28.2 Å². The van der Waals surface area contributed by atoms with Gasteiger partial charge in [-0.25, -0.2) is 9.37 Å². The number of thioether (sulfide) groups is 1. The molecule has 0 radical (unpaired) electrons. The molecule has 1 aromatic carbocycles. The Morgan fingerprint density at radius 2 is 1.86 bits per heavy atom. The molecule has 0 fully saturated rings. The van der Waals surface area contributed by atoms with Gasteiger partial charge in [0.15, 0.2) is 0 Å². The van der Waals surface area contributed by atoms with E-state index >= 15 is 0 Å². The molecule has 0 aliphatic rings. The Morgan fingerprint density at radius 1 is 1.07 bits per heavy atom. The largest absolute Gasteiger partial charge is 0.355 e. The minimum absolute atomic E-state index is 0.0100. The highest BCUT2D eigenvalue weighted by Crippen LogP contribution is 2.23. The zero-order valence-electron chi connectivity index (χ0n) is 15.4. The third-order valence-corrected chi connectivity index (χ3v) is 6.05. The van der Waals surface area contributed by atoms with Crippen molar-refractivity contribution in [3.05, 3.63) is 65.7 Å². The third-order valence-electron chi connectivity index (χ3n) is 4.09. The van der Waals surface area contributed by atoms with E-state index in [1.165, 1.54) is 23.9 Å². The van der Waals surface area contributed by atoms with Gasteiger partial charge in [-0.1, -0.05) is 6.42 Å². The summed E-state index contributed by atoms with van der Waals surface area (Å²) < 4.78 is 12.8. The quantitative estimate of drug-likeness (QED) is 0.375. The van der Waals surface area contributed by atoms with E-state index in [9.17, 15) is 9.18 Å². The predicted molar refractivity (Wildman–Crippen MR) is 113 cm³/mol. The predicted octanol–water partition coefficient (Wildman–Crippen LogP) is 4.97. The van der Waals surface area contributed by atoms with Crippen LogP contribution in [0.25, 0.3) is 10.6 Å². The summed E-state index contributed by atoms with van der Waals surface area (Å²) in [6.45, 7) is 0.683. The number of nitrogens with zero attached hydrogens (tertiary/aromatic N) is 2. The van der Waals surface area contributed by atoms with Gasteiger partial charge in [0.1, 0.15) is 10.8 Å². The lowest BCUT2D eigenvalue weighted by Gasteiger charge is -2.05. The number of unbranched alkanes of at least 4 members (excludes halogenated alkanes) is 2. The van der Waals surface area contributed by atoms with Crippen molar-refractivity contribution in [3.8, 4) is 10.6 Å². The Morgan fingerprint density at radius 3 is 2.64 bits per heavy atom. The van der Waals surface area contributed by atoms with Crippen LogP contribution in [0, 0.1) is 5.82 Å². The maximum absolute atomic E-state index is 12.8. The summed E-state index contributed by atoms with van der Waals surface area (Å²) in [6.07, 6.45) is 7.57. The SMILES string of the molecule is O=C(CSc1ccc(F)cc1)NCCCCCc1csc(-c2ccncc2)n1. The summed E-state index contributed by atoms with van der Waals surface area (Å²) in [6, 6.07) is 10.1. The number of carbonyl (C=O) groups is 1. The second-order valence-electron chi connectivity index (χ2n) is 6.28. The van der Waals surface area contributed by atoms with Gasteiger partial charge in [-0.3, -0.25) is 9.78 Å². The van der Waals surface area contributed by atoms with Gasteiger partial charge in [0.2, 0.25) is 5.91 Å². The summed E-state index contributed by atoms with van der Waals surface area (Å²) in [4.78, 5) is 21.5. The van der Waals surface area contributed by atoms with Crippen molar-refractivity contribution in [1.82, 2.24) is 15.3 Å². The number of aryl methyl sites for hydroxylation is 1. The number of aromatic nitrogens is 2. The molecule has 0 unspecified atom stereocenters. The Kier molecular flexibility index (Phi) is 7.99. The standard InChI is InChI=1S/C21H22FN3OS2/c22-17-5-7-19(8-6-17)27-15-20(26)24-11-3-1-2-4-18-14-28-21(25-18)16-9-12-23-13-10-16/h5-10,12-14H,1-4,11,15H2,(H,24,26). The highest BCUT2D eigenvalue weighted by atomic mass is 32.2. The number of pyridine rings is 1. The first kappa shape index (κ1) is 20.5. The van der Waals surface area contributed by atoms with E-state index in [-0.39, 0.29) is 11.7 Å². The number of benzene rings is 1. The fraction of sp³-hybridized carbons (Fsp3) is 0.286. The molecule has 0 bridgehead atoms. The molecule has 28 heavy (non-hydrogen) atoms. The van der Waals surface area contributed by atoms with Gasteiger partial charge in [0.25, 0.3) is 0 Å². The number of carbonyl (C=O) groups excluding carboxylic acids is 1. The van der Waals surface area contributed by atoms with Crippen LogP contribution in [0.2, 0.25) is 0 Å². The van der Waals surface area contributed by atoms with E-state index in [2.05, 4.69) is 20.7 Å². The van der Waals surface area contributed by atoms with Crippen molar-refractivity contribution in [1.29, 1.82) is 0 Å². The normalized spacial score (nSPS) is 10.8. The molecule has 2 aromatic heterocycles. The average Bonchev–Trinajstić information content (AvgIpc) is 3.20. The molecule has 3 rings (SSSR count). The number of hydrogen-bond acceptors (Lipinski definition) is 5. The molecule has 1 amide bonds. The molecule has 1 N–H and O–H groups in total. The fourth-order valence-electron chi connectivity index (χ4n) is 2.62. The molecule has 0 saturated heterocycles. The fourth-order valence-corrected chi connectivity index (χ4v) is 4.20. The van der Waals surface area contributed by atoms with Crippen molar-refractivity contribution in [2.24, 2.45) is 0 Å². The lowest BCUT2D eigenvalue weighted by molar-refractivity contribution is -0.118. The maximum Gasteiger partial charge on any atom is 0.230 e. The van der Waals surface area contributed by atoms with Crippen molar-refractivity contribution in [2.45, 2.75) is 30.6 Å². The van der Waals surface area contributed by atoms with Crippen LogP contribution in [0.1, 0.15) is 25.0 Å². The molecule has 3 aromatic rings. The summed E-state index contributed by atoms with van der Waals surface area (Å²) in [5, 5.41) is 6.08. The Labute approximate surface area is 172 Å². The van der Waals surface area contributed by atoms with E-state index in [1.807, 2.05) is 12.1 Å². The Balaban J connectivity index is 1.26. The van der Waals surface area contributed by atoms with Crippen LogP contribution in [0.3, 0.4) is 0 Å². The molecule has 0 saturated carbocycles. The first-order chi connectivity index (χ1) is 13.7. The van der Waals surface area contributed by atoms with Crippen LogP contribution in [0.4, 0.5) is 4.39 Å². The molecule has 2 heterocycles. The Hall–Kier alpha value is -2.25. The second kappa shape index (κ2) is 10.9. The highest BCUT2D eigenvalue weighted by molar-refractivity contribution is 8.00. The van der Waals surface area contributed by atoms with Crippen LogP contribution in [0.15, 0.2) is 59.1 Å². The van der Waals surface area contributed by atoms with Gasteiger partial charge in [0, 0.05) is 34.8 Å². The lowest BCUT2D eigenvalue weighted by atomic mass is 10.1. The minimum atomic E-state index is -0.264. The van der Waals surface area contributed by atoms with Gasteiger partial charge >= 0.3 is 0 Å². The minimum Gasteiger partial charge on any atom is -0.355 e. The van der Waals surface area contributed by atoms with Crippen molar-refractivity contribution in [3.63, 3.8) is 0 Å². The number of halogens is 1. The van der Waals surface area contributed by atoms with E-state index < -0.39 is 0 Å². The van der Waals surface area contributed by atoms with Crippen molar-refractivity contribution < 1.29 is 9.18 Å². The third kappa shape index (κ3) is 6.73. The van der Waals surface area contributed by atoms with E-state index in [1.54, 1.807) is 35.9 Å². The summed E-state index contributed by atoms with van der Waals surface area (Å²) in [7, 11) is 0. The molecule has 146 valence electrons. The van der Waals surface area contributed by atoms with E-state index in [0.29, 0.717) is 12.3 Å². The molecule has 0 spiro atoms. The summed E-state index contributed by atoms with van der Waals surface area (Å²) in [5.41, 5.74) is 2.23. The number of thiazole rings is 1. The summed E-state index contributed by atoms with van der Waals surface area (Å²) in [5.74, 6) is 0.0956. The van der Waals surface area contributed by atoms with E-state index in [0.717, 1.165) is 46.8 Å². The van der Waals surface area contributed by atoms with Crippen LogP contribution in [-0.2, 0) is 11.2 Å². The first-order valence-corrected chi connectivity index (χ1v) is 11.1. The molecular weight excluding hydrogens is 393 g/mol. The average molecular weight is 416 g/mol. The molecular formula is C21H22FN3OS2. The van der Waals surface area contributed by atoms with Gasteiger partial charge in [-0.05, 0) is 55.7 Å². The number of amides is 1. The van der Waals surface area contributed by atoms with Gasteiger partial charge in [-0.15, -0.1) is 23.1 Å². The molecule has 4 nitrogen and oxygen atoms in total. The lowest BCUT2D eigenvalue weighted by Crippen LogP contribution is -2.26. The second-order valence-corrected chi connectivity index (χ2v) is 8.19. The monoisotopic (exact) mass is 415 g/mol. The number of rotatable bonds is 10. The topological polar surface area (TPSA) is 54.9 Å². The number of nitrogens with one attached hydrogen (secondary N) is 1. The maximum atomic E-state index is 12.8.